The molecule has 0 heterocycles. The summed E-state index contributed by atoms with van der Waals surface area (Å²) in [5.41, 5.74) is 5.53. The van der Waals surface area contributed by atoms with Gasteiger partial charge in [-0.2, -0.15) is 0 Å². The Balaban J connectivity index is 1.40. The molecule has 0 aromatic heterocycles. The summed E-state index contributed by atoms with van der Waals surface area (Å²) in [5.74, 6) is -1.23. The van der Waals surface area contributed by atoms with Crippen LogP contribution in [0.25, 0.3) is 11.1 Å². The van der Waals surface area contributed by atoms with E-state index < -0.39 is 12.1 Å². The molecule has 0 spiro atoms. The normalized spacial score (nSPS) is 13.2. The summed E-state index contributed by atoms with van der Waals surface area (Å²) in [6, 6.07) is 25.7. The maximum Gasteiger partial charge on any atom is 0.407 e. The molecule has 4 rings (SSSR count). The van der Waals surface area contributed by atoms with Gasteiger partial charge in [-0.1, -0.05) is 78.9 Å². The fourth-order valence-electron chi connectivity index (χ4n) is 4.10. The highest BCUT2D eigenvalue weighted by Crippen LogP contribution is 2.44. The number of benzene rings is 3. The molecule has 3 aromatic rings. The molecular formula is C25H23NO4. The van der Waals surface area contributed by atoms with Gasteiger partial charge in [0.25, 0.3) is 0 Å². The van der Waals surface area contributed by atoms with Crippen LogP contribution >= 0.6 is 0 Å². The van der Waals surface area contributed by atoms with Crippen molar-refractivity contribution in [1.29, 1.82) is 0 Å². The van der Waals surface area contributed by atoms with E-state index in [0.717, 1.165) is 16.7 Å². The zero-order valence-corrected chi connectivity index (χ0v) is 16.5. The van der Waals surface area contributed by atoms with Crippen molar-refractivity contribution >= 4 is 12.1 Å². The number of rotatable bonds is 7. The lowest BCUT2D eigenvalue weighted by molar-refractivity contribution is -0.137. The van der Waals surface area contributed by atoms with Crippen LogP contribution in [0, 0.1) is 0 Å². The molecule has 30 heavy (non-hydrogen) atoms. The fraction of sp³-hybridized carbons (Fsp3) is 0.200. The third-order valence-corrected chi connectivity index (χ3v) is 5.53. The van der Waals surface area contributed by atoms with Gasteiger partial charge >= 0.3 is 12.1 Å². The maximum atomic E-state index is 12.4. The zero-order chi connectivity index (χ0) is 20.9. The number of hydrogen-bond donors (Lipinski definition) is 2. The second-order valence-electron chi connectivity index (χ2n) is 7.41. The van der Waals surface area contributed by atoms with Crippen LogP contribution in [0.2, 0.25) is 0 Å². The van der Waals surface area contributed by atoms with Crippen LogP contribution in [-0.2, 0) is 9.53 Å². The van der Waals surface area contributed by atoms with Gasteiger partial charge in [-0.05, 0) is 27.8 Å². The summed E-state index contributed by atoms with van der Waals surface area (Å²) in [6.45, 7) is 0.432. The molecule has 1 aliphatic carbocycles. The number of nitrogens with one attached hydrogen (secondary N) is 1. The number of carbonyl (C=O) groups excluding carboxylic acids is 1. The molecule has 1 atom stereocenters. The van der Waals surface area contributed by atoms with E-state index in [-0.39, 0.29) is 31.4 Å². The predicted molar refractivity (Wildman–Crippen MR) is 115 cm³/mol. The Bertz CT molecular complexity index is 1000. The molecule has 152 valence electrons. The average molecular weight is 401 g/mol. The lowest BCUT2D eigenvalue weighted by Crippen LogP contribution is -2.31. The molecule has 1 aliphatic rings. The highest BCUT2D eigenvalue weighted by Gasteiger charge is 2.29. The number of aliphatic carboxylic acids is 1. The molecule has 0 saturated heterocycles. The van der Waals surface area contributed by atoms with Gasteiger partial charge in [-0.25, -0.2) is 4.79 Å². The van der Waals surface area contributed by atoms with E-state index in [1.807, 2.05) is 54.6 Å². The van der Waals surface area contributed by atoms with Crippen molar-refractivity contribution in [3.8, 4) is 11.1 Å². The Morgan fingerprint density at radius 2 is 1.43 bits per heavy atom. The lowest BCUT2D eigenvalue weighted by atomic mass is 9.96. The lowest BCUT2D eigenvalue weighted by Gasteiger charge is -2.18. The Labute approximate surface area is 175 Å². The van der Waals surface area contributed by atoms with E-state index in [1.165, 1.54) is 11.1 Å². The topological polar surface area (TPSA) is 75.6 Å². The molecule has 0 bridgehead atoms. The van der Waals surface area contributed by atoms with E-state index in [9.17, 15) is 14.7 Å². The first-order chi connectivity index (χ1) is 14.6. The molecule has 3 aromatic carbocycles. The van der Waals surface area contributed by atoms with Crippen LogP contribution in [-0.4, -0.2) is 30.3 Å². The molecule has 2 N–H and O–H groups in total. The van der Waals surface area contributed by atoms with Crippen LogP contribution in [0.1, 0.15) is 34.9 Å². The second-order valence-corrected chi connectivity index (χ2v) is 7.41. The van der Waals surface area contributed by atoms with Gasteiger partial charge < -0.3 is 15.2 Å². The summed E-state index contributed by atoms with van der Waals surface area (Å²) in [7, 11) is 0. The van der Waals surface area contributed by atoms with Gasteiger partial charge in [0.1, 0.15) is 6.61 Å². The van der Waals surface area contributed by atoms with Crippen molar-refractivity contribution in [2.24, 2.45) is 0 Å². The molecule has 0 saturated carbocycles. The minimum atomic E-state index is -0.904. The monoisotopic (exact) mass is 401 g/mol. The van der Waals surface area contributed by atoms with Gasteiger partial charge in [0.2, 0.25) is 0 Å². The summed E-state index contributed by atoms with van der Waals surface area (Å²) in [4.78, 5) is 23.6. The zero-order valence-electron chi connectivity index (χ0n) is 16.5. The first kappa shape index (κ1) is 19.7. The third kappa shape index (κ3) is 4.20. The van der Waals surface area contributed by atoms with Crippen molar-refractivity contribution in [2.75, 3.05) is 13.2 Å². The summed E-state index contributed by atoms with van der Waals surface area (Å²) < 4.78 is 5.53. The Morgan fingerprint density at radius 1 is 0.867 bits per heavy atom. The first-order valence-corrected chi connectivity index (χ1v) is 9.99. The number of ether oxygens (including phenoxy) is 1. The first-order valence-electron chi connectivity index (χ1n) is 9.99. The van der Waals surface area contributed by atoms with Gasteiger partial charge in [-0.3, -0.25) is 4.79 Å². The minimum Gasteiger partial charge on any atom is -0.481 e. The molecule has 1 unspecified atom stereocenters. The van der Waals surface area contributed by atoms with Crippen molar-refractivity contribution in [3.05, 3.63) is 95.6 Å². The summed E-state index contributed by atoms with van der Waals surface area (Å²) in [5, 5.41) is 11.9. The Morgan fingerprint density at radius 3 is 2.03 bits per heavy atom. The molecular weight excluding hydrogens is 378 g/mol. The molecule has 5 heteroatoms. The van der Waals surface area contributed by atoms with Gasteiger partial charge in [-0.15, -0.1) is 0 Å². The number of hydrogen-bond acceptors (Lipinski definition) is 3. The fourth-order valence-corrected chi connectivity index (χ4v) is 4.10. The minimum absolute atomic E-state index is 0.00732. The number of carboxylic acids is 1. The van der Waals surface area contributed by atoms with Crippen LogP contribution in [0.15, 0.2) is 78.9 Å². The van der Waals surface area contributed by atoms with E-state index in [0.29, 0.717) is 0 Å². The quantitative estimate of drug-likeness (QED) is 0.597. The van der Waals surface area contributed by atoms with Gasteiger partial charge in [0.05, 0.1) is 6.42 Å². The van der Waals surface area contributed by atoms with Crippen LogP contribution in [0.4, 0.5) is 4.79 Å². The maximum absolute atomic E-state index is 12.4. The second kappa shape index (κ2) is 8.82. The standard InChI is InChI=1S/C25H23NO4/c27-24(28)14-18(17-8-2-1-3-9-17)15-26-25(29)30-16-23-21-12-6-4-10-19(21)20-11-5-7-13-22(20)23/h1-13,18,23H,14-16H2,(H,26,29)(H,27,28). The van der Waals surface area contributed by atoms with E-state index in [4.69, 9.17) is 4.74 Å². The van der Waals surface area contributed by atoms with E-state index in [1.54, 1.807) is 0 Å². The number of amides is 1. The average Bonchev–Trinajstić information content (AvgIpc) is 3.09. The highest BCUT2D eigenvalue weighted by atomic mass is 16.5. The van der Waals surface area contributed by atoms with Crippen LogP contribution < -0.4 is 5.32 Å². The number of carboxylic acid groups (broad SMARTS) is 1. The van der Waals surface area contributed by atoms with Gasteiger partial charge in [0, 0.05) is 18.4 Å². The van der Waals surface area contributed by atoms with Crippen LogP contribution in [0.3, 0.4) is 0 Å². The smallest absolute Gasteiger partial charge is 0.407 e. The van der Waals surface area contributed by atoms with E-state index in [2.05, 4.69) is 29.6 Å². The Hall–Kier alpha value is -3.60. The van der Waals surface area contributed by atoms with E-state index >= 15 is 0 Å². The third-order valence-electron chi connectivity index (χ3n) is 5.53. The predicted octanol–water partition coefficient (Wildman–Crippen LogP) is 4.78. The molecule has 0 radical (unpaired) electrons. The van der Waals surface area contributed by atoms with Crippen molar-refractivity contribution in [3.63, 3.8) is 0 Å². The van der Waals surface area contributed by atoms with Crippen molar-refractivity contribution in [2.45, 2.75) is 18.3 Å². The van der Waals surface area contributed by atoms with Gasteiger partial charge in [0.15, 0.2) is 0 Å². The van der Waals surface area contributed by atoms with Crippen molar-refractivity contribution < 1.29 is 19.4 Å². The summed E-state index contributed by atoms with van der Waals surface area (Å²) in [6.07, 6.45) is -0.601. The molecule has 5 nitrogen and oxygen atoms in total. The largest absolute Gasteiger partial charge is 0.481 e. The number of alkyl carbamates (subject to hydrolysis) is 1. The van der Waals surface area contributed by atoms with Crippen molar-refractivity contribution in [1.82, 2.24) is 5.32 Å². The number of fused-ring (bicyclic) bond motifs is 3. The number of carbonyl (C=O) groups is 2. The highest BCUT2D eigenvalue weighted by molar-refractivity contribution is 5.79. The van der Waals surface area contributed by atoms with Crippen LogP contribution in [0.5, 0.6) is 0 Å². The molecule has 1 amide bonds. The SMILES string of the molecule is O=C(O)CC(CNC(=O)OCC1c2ccccc2-c2ccccc21)c1ccccc1. The molecule has 0 fully saturated rings. The molecule has 0 aliphatic heterocycles. The Kier molecular flexibility index (Phi) is 5.80. The summed E-state index contributed by atoms with van der Waals surface area (Å²) >= 11 is 0.